The third-order valence-electron chi connectivity index (χ3n) is 2.88. The molecular weight excluding hydrogens is 208 g/mol. The van der Waals surface area contributed by atoms with Crippen LogP contribution in [0.25, 0.3) is 0 Å². The van der Waals surface area contributed by atoms with E-state index in [4.69, 9.17) is 10.8 Å². The maximum absolute atomic E-state index is 10.7. The first kappa shape index (κ1) is 10.7. The number of piperidine rings is 1. The predicted octanol–water partition coefficient (Wildman–Crippen LogP) is 0.916. The first-order chi connectivity index (χ1) is 7.66. The van der Waals surface area contributed by atoms with Crippen molar-refractivity contribution in [2.75, 3.05) is 18.8 Å². The Balaban J connectivity index is 2.01. The summed E-state index contributed by atoms with van der Waals surface area (Å²) in [6, 6.07) is 1.84. The zero-order valence-corrected chi connectivity index (χ0v) is 8.83. The van der Waals surface area contributed by atoms with Crippen molar-refractivity contribution in [3.8, 4) is 0 Å². The fourth-order valence-corrected chi connectivity index (χ4v) is 1.98. The Kier molecular flexibility index (Phi) is 2.89. The van der Waals surface area contributed by atoms with Gasteiger partial charge in [0.15, 0.2) is 0 Å². The van der Waals surface area contributed by atoms with E-state index in [0.717, 1.165) is 18.5 Å². The number of nitrogens with two attached hydrogens (primary N) is 1. The lowest BCUT2D eigenvalue weighted by Gasteiger charge is -2.29. The molecule has 0 atom stereocenters. The summed E-state index contributed by atoms with van der Waals surface area (Å²) >= 11 is 0. The fourth-order valence-electron chi connectivity index (χ4n) is 1.98. The van der Waals surface area contributed by atoms with Gasteiger partial charge in [-0.3, -0.25) is 0 Å². The van der Waals surface area contributed by atoms with E-state index in [0.29, 0.717) is 19.0 Å². The maximum atomic E-state index is 10.7. The normalized spacial score (nSPS) is 17.4. The third kappa shape index (κ3) is 2.21. The van der Waals surface area contributed by atoms with Crippen molar-refractivity contribution in [2.45, 2.75) is 18.8 Å². The fraction of sp³-hybridized carbons (Fsp3) is 0.500. The molecule has 16 heavy (non-hydrogen) atoms. The monoisotopic (exact) mass is 222 g/mol. The van der Waals surface area contributed by atoms with Crippen molar-refractivity contribution < 1.29 is 9.90 Å². The second-order valence-corrected chi connectivity index (χ2v) is 3.88. The van der Waals surface area contributed by atoms with Gasteiger partial charge in [0.05, 0.1) is 0 Å². The highest BCUT2D eigenvalue weighted by Gasteiger charge is 2.24. The Morgan fingerprint density at radius 3 is 2.75 bits per heavy atom. The third-order valence-corrected chi connectivity index (χ3v) is 2.88. The van der Waals surface area contributed by atoms with Gasteiger partial charge in [0.2, 0.25) is 5.95 Å². The largest absolute Gasteiger partial charge is 0.465 e. The molecule has 1 aromatic heterocycles. The number of nitrogen functional groups attached to an aromatic ring is 1. The molecule has 0 spiro atoms. The molecule has 1 aliphatic rings. The second-order valence-electron chi connectivity index (χ2n) is 3.88. The summed E-state index contributed by atoms with van der Waals surface area (Å²) in [5.74, 6) is 0.569. The van der Waals surface area contributed by atoms with Crippen molar-refractivity contribution in [3.63, 3.8) is 0 Å². The molecule has 1 fully saturated rings. The molecule has 1 aliphatic heterocycles. The van der Waals surface area contributed by atoms with Crippen molar-refractivity contribution in [3.05, 3.63) is 18.0 Å². The van der Waals surface area contributed by atoms with E-state index in [9.17, 15) is 4.79 Å². The molecular formula is C10H14N4O2. The number of amides is 1. The van der Waals surface area contributed by atoms with E-state index >= 15 is 0 Å². The van der Waals surface area contributed by atoms with Gasteiger partial charge < -0.3 is 15.7 Å². The van der Waals surface area contributed by atoms with Gasteiger partial charge in [0.1, 0.15) is 0 Å². The molecule has 2 heterocycles. The lowest BCUT2D eigenvalue weighted by atomic mass is 9.93. The SMILES string of the molecule is Nc1nccc(C2CCN(C(=O)O)CC2)n1. The highest BCUT2D eigenvalue weighted by Crippen LogP contribution is 2.26. The number of nitrogens with zero attached hydrogens (tertiary/aromatic N) is 3. The summed E-state index contributed by atoms with van der Waals surface area (Å²) in [5, 5.41) is 8.82. The molecule has 3 N–H and O–H groups in total. The zero-order chi connectivity index (χ0) is 11.5. The van der Waals surface area contributed by atoms with Gasteiger partial charge in [0, 0.05) is 30.9 Å². The first-order valence-electron chi connectivity index (χ1n) is 5.23. The average Bonchev–Trinajstić information content (AvgIpc) is 2.29. The van der Waals surface area contributed by atoms with Gasteiger partial charge in [-0.15, -0.1) is 0 Å². The molecule has 0 aromatic carbocycles. The number of aromatic nitrogens is 2. The molecule has 0 saturated carbocycles. The summed E-state index contributed by atoms with van der Waals surface area (Å²) in [4.78, 5) is 20.2. The summed E-state index contributed by atoms with van der Waals surface area (Å²) < 4.78 is 0. The lowest BCUT2D eigenvalue weighted by Crippen LogP contribution is -2.37. The molecule has 6 heteroatoms. The van der Waals surface area contributed by atoms with Crippen LogP contribution < -0.4 is 5.73 Å². The molecule has 1 aromatic rings. The molecule has 86 valence electrons. The van der Waals surface area contributed by atoms with Gasteiger partial charge >= 0.3 is 6.09 Å². The number of anilines is 1. The number of carboxylic acid groups (broad SMARTS) is 1. The van der Waals surface area contributed by atoms with E-state index in [1.54, 1.807) is 6.20 Å². The number of likely N-dealkylation sites (tertiary alicyclic amines) is 1. The molecule has 6 nitrogen and oxygen atoms in total. The van der Waals surface area contributed by atoms with Crippen molar-refractivity contribution in [1.29, 1.82) is 0 Å². The Labute approximate surface area is 93.1 Å². The summed E-state index contributed by atoms with van der Waals surface area (Å²) in [5.41, 5.74) is 6.43. The van der Waals surface area contributed by atoms with Crippen LogP contribution in [0, 0.1) is 0 Å². The average molecular weight is 222 g/mol. The van der Waals surface area contributed by atoms with Gasteiger partial charge in [-0.2, -0.15) is 0 Å². The van der Waals surface area contributed by atoms with Crippen LogP contribution in [0.3, 0.4) is 0 Å². The van der Waals surface area contributed by atoms with Crippen molar-refractivity contribution in [1.82, 2.24) is 14.9 Å². The summed E-state index contributed by atoms with van der Waals surface area (Å²) in [6.45, 7) is 1.12. The molecule has 0 aliphatic carbocycles. The molecule has 0 radical (unpaired) electrons. The Morgan fingerprint density at radius 2 is 2.19 bits per heavy atom. The molecule has 2 rings (SSSR count). The van der Waals surface area contributed by atoms with Crippen LogP contribution in [-0.4, -0.2) is 39.2 Å². The van der Waals surface area contributed by atoms with Crippen LogP contribution in [0.15, 0.2) is 12.3 Å². The molecule has 0 bridgehead atoms. The molecule has 1 saturated heterocycles. The van der Waals surface area contributed by atoms with Gasteiger partial charge in [-0.1, -0.05) is 0 Å². The lowest BCUT2D eigenvalue weighted by molar-refractivity contribution is 0.131. The van der Waals surface area contributed by atoms with Crippen LogP contribution in [0.1, 0.15) is 24.5 Å². The summed E-state index contributed by atoms with van der Waals surface area (Å²) in [6.07, 6.45) is 2.38. The van der Waals surface area contributed by atoms with Crippen LogP contribution in [-0.2, 0) is 0 Å². The number of hydrogen-bond donors (Lipinski definition) is 2. The Morgan fingerprint density at radius 1 is 1.50 bits per heavy atom. The minimum absolute atomic E-state index is 0.276. The van der Waals surface area contributed by atoms with Crippen LogP contribution in [0.2, 0.25) is 0 Å². The molecule has 0 unspecified atom stereocenters. The van der Waals surface area contributed by atoms with Gasteiger partial charge in [-0.25, -0.2) is 14.8 Å². The number of carbonyl (C=O) groups is 1. The predicted molar refractivity (Wildman–Crippen MR) is 58.0 cm³/mol. The second kappa shape index (κ2) is 4.34. The van der Waals surface area contributed by atoms with Crippen LogP contribution in [0.4, 0.5) is 10.7 Å². The topological polar surface area (TPSA) is 92.3 Å². The van der Waals surface area contributed by atoms with Gasteiger partial charge in [-0.05, 0) is 18.9 Å². The zero-order valence-electron chi connectivity index (χ0n) is 8.83. The van der Waals surface area contributed by atoms with Crippen LogP contribution >= 0.6 is 0 Å². The quantitative estimate of drug-likeness (QED) is 0.737. The van der Waals surface area contributed by atoms with Crippen LogP contribution in [0.5, 0.6) is 0 Å². The highest BCUT2D eigenvalue weighted by molar-refractivity contribution is 5.65. The standard InChI is InChI=1S/C10H14N4O2/c11-9-12-4-1-8(13-9)7-2-5-14(6-3-7)10(15)16/h1,4,7H,2-3,5-6H2,(H,15,16)(H2,11,12,13). The minimum atomic E-state index is -0.847. The number of rotatable bonds is 1. The maximum Gasteiger partial charge on any atom is 0.407 e. The first-order valence-corrected chi connectivity index (χ1v) is 5.23. The highest BCUT2D eigenvalue weighted by atomic mass is 16.4. The van der Waals surface area contributed by atoms with Gasteiger partial charge in [0.25, 0.3) is 0 Å². The minimum Gasteiger partial charge on any atom is -0.465 e. The smallest absolute Gasteiger partial charge is 0.407 e. The van der Waals surface area contributed by atoms with E-state index < -0.39 is 6.09 Å². The summed E-state index contributed by atoms with van der Waals surface area (Å²) in [7, 11) is 0. The van der Waals surface area contributed by atoms with Crippen molar-refractivity contribution >= 4 is 12.0 Å². The van der Waals surface area contributed by atoms with E-state index in [1.807, 2.05) is 6.07 Å². The van der Waals surface area contributed by atoms with E-state index in [1.165, 1.54) is 4.90 Å². The van der Waals surface area contributed by atoms with E-state index in [-0.39, 0.29) is 5.95 Å². The Bertz CT molecular complexity index is 388. The molecule has 1 amide bonds. The Hall–Kier alpha value is -1.85. The number of hydrogen-bond acceptors (Lipinski definition) is 4. The van der Waals surface area contributed by atoms with E-state index in [2.05, 4.69) is 9.97 Å². The van der Waals surface area contributed by atoms with Crippen molar-refractivity contribution in [2.24, 2.45) is 0 Å².